The van der Waals surface area contributed by atoms with Crippen LogP contribution in [0.5, 0.6) is 0 Å². The SMILES string of the molecule is CN(C)S(=O)(=O)N1CCC[C@H](C(=O)Nc2cc(Cl)cc(Cl)c2)C1. The van der Waals surface area contributed by atoms with Crippen LogP contribution >= 0.6 is 23.2 Å². The van der Waals surface area contributed by atoms with E-state index in [0.717, 1.165) is 4.31 Å². The van der Waals surface area contributed by atoms with Crippen molar-refractivity contribution in [3.8, 4) is 0 Å². The summed E-state index contributed by atoms with van der Waals surface area (Å²) in [6, 6.07) is 4.77. The third-order valence-corrected chi connectivity index (χ3v) is 6.02. The summed E-state index contributed by atoms with van der Waals surface area (Å²) in [5.74, 6) is -0.641. The number of piperidine rings is 1. The molecule has 1 aromatic carbocycles. The molecule has 1 aliphatic heterocycles. The van der Waals surface area contributed by atoms with Crippen LogP contribution in [0, 0.1) is 5.92 Å². The molecule has 1 N–H and O–H groups in total. The number of hydrogen-bond acceptors (Lipinski definition) is 3. The largest absolute Gasteiger partial charge is 0.326 e. The molecule has 1 heterocycles. The van der Waals surface area contributed by atoms with Gasteiger partial charge in [0.15, 0.2) is 0 Å². The number of anilines is 1. The Morgan fingerprint density at radius 2 is 1.87 bits per heavy atom. The number of carbonyl (C=O) groups excluding carboxylic acids is 1. The molecule has 2 rings (SSSR count). The van der Waals surface area contributed by atoms with Crippen molar-refractivity contribution < 1.29 is 13.2 Å². The monoisotopic (exact) mass is 379 g/mol. The van der Waals surface area contributed by atoms with Gasteiger partial charge < -0.3 is 5.32 Å². The number of benzene rings is 1. The Hall–Kier alpha value is -0.860. The summed E-state index contributed by atoms with van der Waals surface area (Å²) < 4.78 is 26.9. The molecule has 0 bridgehead atoms. The minimum absolute atomic E-state index is 0.167. The van der Waals surface area contributed by atoms with E-state index in [4.69, 9.17) is 23.2 Å². The van der Waals surface area contributed by atoms with Crippen LogP contribution < -0.4 is 5.32 Å². The lowest BCUT2D eigenvalue weighted by Crippen LogP contribution is -2.47. The van der Waals surface area contributed by atoms with Crippen molar-refractivity contribution >= 4 is 45.0 Å². The lowest BCUT2D eigenvalue weighted by molar-refractivity contribution is -0.120. The highest BCUT2D eigenvalue weighted by Crippen LogP contribution is 2.25. The number of carbonyl (C=O) groups is 1. The molecule has 9 heteroatoms. The van der Waals surface area contributed by atoms with E-state index in [1.54, 1.807) is 18.2 Å². The van der Waals surface area contributed by atoms with E-state index in [2.05, 4.69) is 5.32 Å². The molecule has 0 unspecified atom stereocenters. The fraction of sp³-hybridized carbons (Fsp3) is 0.500. The van der Waals surface area contributed by atoms with Crippen LogP contribution in [0.25, 0.3) is 0 Å². The van der Waals surface area contributed by atoms with Gasteiger partial charge in [-0.25, -0.2) is 0 Å². The van der Waals surface area contributed by atoms with Gasteiger partial charge in [0.2, 0.25) is 5.91 Å². The quantitative estimate of drug-likeness (QED) is 0.873. The van der Waals surface area contributed by atoms with E-state index in [1.165, 1.54) is 18.4 Å². The molecule has 0 saturated carbocycles. The molecular weight excluding hydrogens is 361 g/mol. The molecule has 1 amide bonds. The molecule has 6 nitrogen and oxygen atoms in total. The highest BCUT2D eigenvalue weighted by atomic mass is 35.5. The smallest absolute Gasteiger partial charge is 0.281 e. The van der Waals surface area contributed by atoms with E-state index in [-0.39, 0.29) is 12.5 Å². The molecule has 1 aromatic rings. The minimum Gasteiger partial charge on any atom is -0.326 e. The van der Waals surface area contributed by atoms with Crippen LogP contribution in [0.3, 0.4) is 0 Å². The number of halogens is 2. The van der Waals surface area contributed by atoms with Crippen LogP contribution in [0.4, 0.5) is 5.69 Å². The highest BCUT2D eigenvalue weighted by molar-refractivity contribution is 7.86. The lowest BCUT2D eigenvalue weighted by atomic mass is 9.99. The van der Waals surface area contributed by atoms with Gasteiger partial charge >= 0.3 is 0 Å². The number of nitrogens with zero attached hydrogens (tertiary/aromatic N) is 2. The first kappa shape index (κ1) is 18.5. The normalized spacial score (nSPS) is 19.8. The Morgan fingerprint density at radius 3 is 2.43 bits per heavy atom. The maximum atomic E-state index is 12.4. The van der Waals surface area contributed by atoms with Crippen LogP contribution in [0.1, 0.15) is 12.8 Å². The van der Waals surface area contributed by atoms with Gasteiger partial charge in [-0.05, 0) is 31.0 Å². The molecule has 1 atom stereocenters. The van der Waals surface area contributed by atoms with Crippen LogP contribution in [0.2, 0.25) is 10.0 Å². The van der Waals surface area contributed by atoms with Gasteiger partial charge in [0, 0.05) is 42.9 Å². The standard InChI is InChI=1S/C14H19Cl2N3O3S/c1-18(2)23(21,22)19-5-3-4-10(9-19)14(20)17-13-7-11(15)6-12(16)8-13/h6-8,10H,3-5,9H2,1-2H3,(H,17,20)/t10-/m0/s1. The molecule has 1 saturated heterocycles. The molecule has 0 radical (unpaired) electrons. The van der Waals surface area contributed by atoms with Gasteiger partial charge in [-0.2, -0.15) is 17.0 Å². The van der Waals surface area contributed by atoms with Crippen molar-refractivity contribution in [1.29, 1.82) is 0 Å². The third kappa shape index (κ3) is 4.58. The molecule has 128 valence electrons. The fourth-order valence-electron chi connectivity index (χ4n) is 2.47. The zero-order chi connectivity index (χ0) is 17.2. The number of amides is 1. The summed E-state index contributed by atoms with van der Waals surface area (Å²) in [6.07, 6.45) is 1.28. The van der Waals surface area contributed by atoms with E-state index in [0.29, 0.717) is 35.1 Å². The van der Waals surface area contributed by atoms with E-state index in [1.807, 2.05) is 0 Å². The first-order valence-electron chi connectivity index (χ1n) is 7.14. The van der Waals surface area contributed by atoms with Crippen molar-refractivity contribution in [2.45, 2.75) is 12.8 Å². The summed E-state index contributed by atoms with van der Waals surface area (Å²) in [5.41, 5.74) is 0.500. The molecule has 1 fully saturated rings. The summed E-state index contributed by atoms with van der Waals surface area (Å²) in [7, 11) is -0.550. The van der Waals surface area contributed by atoms with Gasteiger partial charge in [0.05, 0.1) is 5.92 Å². The Balaban J connectivity index is 2.07. The molecule has 0 spiro atoms. The Morgan fingerprint density at radius 1 is 1.26 bits per heavy atom. The average molecular weight is 380 g/mol. The average Bonchev–Trinajstić information content (AvgIpc) is 2.46. The predicted molar refractivity (Wildman–Crippen MR) is 92.0 cm³/mol. The van der Waals surface area contributed by atoms with Crippen molar-refractivity contribution in [3.63, 3.8) is 0 Å². The van der Waals surface area contributed by atoms with Gasteiger partial charge in [0.25, 0.3) is 10.2 Å². The molecule has 1 aliphatic rings. The Labute approximate surface area is 146 Å². The van der Waals surface area contributed by atoms with Crippen LogP contribution in [-0.2, 0) is 15.0 Å². The van der Waals surface area contributed by atoms with E-state index < -0.39 is 16.1 Å². The van der Waals surface area contributed by atoms with Gasteiger partial charge in [0.1, 0.15) is 0 Å². The summed E-state index contributed by atoms with van der Waals surface area (Å²) in [6.45, 7) is 0.591. The topological polar surface area (TPSA) is 69.7 Å². The van der Waals surface area contributed by atoms with Crippen molar-refractivity contribution in [2.75, 3.05) is 32.5 Å². The van der Waals surface area contributed by atoms with Crippen molar-refractivity contribution in [3.05, 3.63) is 28.2 Å². The maximum Gasteiger partial charge on any atom is 0.281 e. The van der Waals surface area contributed by atoms with Crippen LogP contribution in [0.15, 0.2) is 18.2 Å². The second kappa shape index (κ2) is 7.36. The second-order valence-electron chi connectivity index (χ2n) is 5.63. The number of nitrogens with one attached hydrogen (secondary N) is 1. The van der Waals surface area contributed by atoms with E-state index in [9.17, 15) is 13.2 Å². The molecule has 0 aromatic heterocycles. The van der Waals surface area contributed by atoms with Crippen molar-refractivity contribution in [1.82, 2.24) is 8.61 Å². The molecular formula is C14H19Cl2N3O3S. The first-order valence-corrected chi connectivity index (χ1v) is 9.30. The van der Waals surface area contributed by atoms with Gasteiger partial charge in [-0.3, -0.25) is 4.79 Å². The molecule has 23 heavy (non-hydrogen) atoms. The fourth-order valence-corrected chi connectivity index (χ4v) is 4.18. The van der Waals surface area contributed by atoms with Gasteiger partial charge in [-0.1, -0.05) is 23.2 Å². The van der Waals surface area contributed by atoms with Crippen molar-refractivity contribution in [2.24, 2.45) is 5.92 Å². The van der Waals surface area contributed by atoms with E-state index >= 15 is 0 Å². The van der Waals surface area contributed by atoms with Crippen LogP contribution in [-0.4, -0.2) is 50.1 Å². The predicted octanol–water partition coefficient (Wildman–Crippen LogP) is 2.45. The Kier molecular flexibility index (Phi) is 5.91. The number of rotatable bonds is 4. The Bertz CT molecular complexity index is 674. The zero-order valence-electron chi connectivity index (χ0n) is 12.9. The third-order valence-electron chi connectivity index (χ3n) is 3.67. The highest BCUT2D eigenvalue weighted by Gasteiger charge is 2.33. The minimum atomic E-state index is -3.51. The van der Waals surface area contributed by atoms with Gasteiger partial charge in [-0.15, -0.1) is 0 Å². The summed E-state index contributed by atoms with van der Waals surface area (Å²) >= 11 is 11.8. The summed E-state index contributed by atoms with van der Waals surface area (Å²) in [5, 5.41) is 3.60. The number of hydrogen-bond donors (Lipinski definition) is 1. The lowest BCUT2D eigenvalue weighted by Gasteiger charge is -2.32. The zero-order valence-corrected chi connectivity index (χ0v) is 15.2. The maximum absolute atomic E-state index is 12.4. The second-order valence-corrected chi connectivity index (χ2v) is 8.65. The first-order chi connectivity index (χ1) is 10.7. The summed E-state index contributed by atoms with van der Waals surface area (Å²) in [4.78, 5) is 12.4. The molecule has 0 aliphatic carbocycles.